The number of aromatic nitrogens is 3. The maximum absolute atomic E-state index is 15.2. The van der Waals surface area contributed by atoms with Gasteiger partial charge in [0.1, 0.15) is 22.8 Å². The molecule has 0 bridgehead atoms. The minimum Gasteiger partial charge on any atom is -0.485 e. The molecule has 4 rings (SSSR count). The van der Waals surface area contributed by atoms with Crippen LogP contribution in [0.3, 0.4) is 0 Å². The zero-order chi connectivity index (χ0) is 27.8. The van der Waals surface area contributed by atoms with Crippen LogP contribution in [0.25, 0.3) is 5.65 Å². The normalized spacial score (nSPS) is 17.6. The Hall–Kier alpha value is -3.76. The molecule has 1 aliphatic rings. The van der Waals surface area contributed by atoms with E-state index in [-0.39, 0.29) is 30.1 Å². The van der Waals surface area contributed by atoms with Crippen molar-refractivity contribution in [3.63, 3.8) is 0 Å². The van der Waals surface area contributed by atoms with E-state index in [9.17, 15) is 14.0 Å². The number of fused-ring (bicyclic) bond motifs is 2. The molecule has 2 N–H and O–H groups in total. The Labute approximate surface area is 219 Å². The number of nitrogens with zero attached hydrogens (tertiary/aromatic N) is 3. The Morgan fingerprint density at radius 3 is 2.74 bits per heavy atom. The van der Waals surface area contributed by atoms with E-state index in [1.54, 1.807) is 46.9 Å². The van der Waals surface area contributed by atoms with Crippen LogP contribution in [0.15, 0.2) is 24.5 Å². The number of benzene rings is 1. The fourth-order valence-electron chi connectivity index (χ4n) is 4.48. The Morgan fingerprint density at radius 2 is 2.05 bits per heavy atom. The van der Waals surface area contributed by atoms with Gasteiger partial charge in [0.25, 0.3) is 0 Å². The standard InChI is InChI=1S/C27H33F2N5O4/c1-7-8-19(35)17-13-31-34-10-9-20(33-24(17)34)32-15(2)21-22(29)18(28)11-16-12-27(6,37-23(16)21)14-30-25(36)38-26(3,4)5/h9-11,13,15H,7-8,12,14H2,1-6H3,(H,30,36)(H,32,33)/t15-,27?/m1/s1. The highest BCUT2D eigenvalue weighted by molar-refractivity contribution is 6.01. The van der Waals surface area contributed by atoms with Crippen molar-refractivity contribution in [2.24, 2.45) is 0 Å². The van der Waals surface area contributed by atoms with E-state index in [1.807, 2.05) is 6.92 Å². The molecule has 3 heterocycles. The van der Waals surface area contributed by atoms with Gasteiger partial charge < -0.3 is 20.1 Å². The highest BCUT2D eigenvalue weighted by Crippen LogP contribution is 2.43. The number of carbonyl (C=O) groups excluding carboxylic acids is 2. The van der Waals surface area contributed by atoms with E-state index in [0.717, 1.165) is 6.07 Å². The molecule has 38 heavy (non-hydrogen) atoms. The lowest BCUT2D eigenvalue weighted by Crippen LogP contribution is -2.45. The van der Waals surface area contributed by atoms with Crippen LogP contribution >= 0.6 is 0 Å². The lowest BCUT2D eigenvalue weighted by molar-refractivity contribution is 0.0447. The third-order valence-electron chi connectivity index (χ3n) is 6.15. The van der Waals surface area contributed by atoms with Crippen molar-refractivity contribution in [3.8, 4) is 5.75 Å². The summed E-state index contributed by atoms with van der Waals surface area (Å²) in [4.78, 5) is 29.1. The molecule has 0 fully saturated rings. The largest absolute Gasteiger partial charge is 0.485 e. The van der Waals surface area contributed by atoms with Crippen LogP contribution in [-0.4, -0.2) is 44.2 Å². The number of halogens is 2. The van der Waals surface area contributed by atoms with Crippen molar-refractivity contribution in [2.75, 3.05) is 11.9 Å². The molecule has 0 saturated heterocycles. The van der Waals surface area contributed by atoms with Gasteiger partial charge in [-0.3, -0.25) is 4.79 Å². The molecule has 1 aliphatic heterocycles. The van der Waals surface area contributed by atoms with Gasteiger partial charge >= 0.3 is 6.09 Å². The number of anilines is 1. The smallest absolute Gasteiger partial charge is 0.407 e. The molecule has 11 heteroatoms. The molecule has 0 spiro atoms. The minimum atomic E-state index is -1.03. The fraction of sp³-hybridized carbons (Fsp3) is 0.481. The molecule has 0 saturated carbocycles. The topological polar surface area (TPSA) is 107 Å². The zero-order valence-corrected chi connectivity index (χ0v) is 22.4. The molecule has 1 amide bonds. The van der Waals surface area contributed by atoms with Crippen molar-refractivity contribution < 1.29 is 27.8 Å². The number of rotatable bonds is 8. The van der Waals surface area contributed by atoms with Gasteiger partial charge in [-0.1, -0.05) is 6.92 Å². The first kappa shape index (κ1) is 27.3. The number of ketones is 1. The summed E-state index contributed by atoms with van der Waals surface area (Å²) in [6.07, 6.45) is 3.84. The lowest BCUT2D eigenvalue weighted by Gasteiger charge is -2.27. The van der Waals surface area contributed by atoms with Crippen molar-refractivity contribution in [1.82, 2.24) is 19.9 Å². The minimum absolute atomic E-state index is 0.0125. The van der Waals surface area contributed by atoms with E-state index in [1.165, 1.54) is 10.7 Å². The van der Waals surface area contributed by atoms with Crippen molar-refractivity contribution in [3.05, 3.63) is 52.9 Å². The number of carbonyl (C=O) groups is 2. The Balaban J connectivity index is 1.57. The van der Waals surface area contributed by atoms with Gasteiger partial charge in [-0.15, -0.1) is 0 Å². The molecule has 2 aromatic heterocycles. The van der Waals surface area contributed by atoms with E-state index >= 15 is 4.39 Å². The first-order valence-corrected chi connectivity index (χ1v) is 12.6. The fourth-order valence-corrected chi connectivity index (χ4v) is 4.48. The zero-order valence-electron chi connectivity index (χ0n) is 22.4. The first-order chi connectivity index (χ1) is 17.8. The Bertz CT molecular complexity index is 1380. The number of Topliss-reactive ketones (excluding diaryl/α,β-unsaturated/α-hetero) is 1. The lowest BCUT2D eigenvalue weighted by atomic mass is 9.96. The average Bonchev–Trinajstić information content (AvgIpc) is 3.38. The van der Waals surface area contributed by atoms with Gasteiger partial charge in [-0.25, -0.2) is 23.1 Å². The van der Waals surface area contributed by atoms with E-state index in [4.69, 9.17) is 9.47 Å². The van der Waals surface area contributed by atoms with Crippen molar-refractivity contribution in [2.45, 2.75) is 78.0 Å². The molecule has 9 nitrogen and oxygen atoms in total. The van der Waals surface area contributed by atoms with Crippen LogP contribution < -0.4 is 15.4 Å². The number of alkyl carbamates (subject to hydrolysis) is 1. The first-order valence-electron chi connectivity index (χ1n) is 12.6. The molecule has 0 aliphatic carbocycles. The summed E-state index contributed by atoms with van der Waals surface area (Å²) in [5, 5.41) is 9.95. The van der Waals surface area contributed by atoms with Crippen LogP contribution in [-0.2, 0) is 11.2 Å². The highest BCUT2D eigenvalue weighted by Gasteiger charge is 2.40. The van der Waals surface area contributed by atoms with Crippen LogP contribution in [0.5, 0.6) is 5.75 Å². The molecular formula is C27H33F2N5O4. The van der Waals surface area contributed by atoms with E-state index < -0.39 is 35.0 Å². The van der Waals surface area contributed by atoms with Crippen LogP contribution in [0.4, 0.5) is 19.4 Å². The SMILES string of the molecule is CCCC(=O)c1cnn2ccc(N[C@H](C)c3c(F)c(F)cc4c3OC(C)(CNC(=O)OC(C)(C)C)C4)nc12. The van der Waals surface area contributed by atoms with Crippen LogP contribution in [0, 0.1) is 11.6 Å². The summed E-state index contributed by atoms with van der Waals surface area (Å²) in [6.45, 7) is 10.7. The Morgan fingerprint density at radius 1 is 1.32 bits per heavy atom. The molecule has 1 aromatic carbocycles. The van der Waals surface area contributed by atoms with Gasteiger partial charge in [-0.2, -0.15) is 5.10 Å². The molecule has 2 atom stereocenters. The van der Waals surface area contributed by atoms with E-state index in [2.05, 4.69) is 20.7 Å². The Kier molecular flexibility index (Phi) is 7.31. The summed E-state index contributed by atoms with van der Waals surface area (Å²) in [6, 6.07) is 2.02. The summed E-state index contributed by atoms with van der Waals surface area (Å²) in [5.74, 6) is -1.51. The third kappa shape index (κ3) is 5.71. The number of ether oxygens (including phenoxy) is 2. The predicted octanol–water partition coefficient (Wildman–Crippen LogP) is 5.38. The monoisotopic (exact) mass is 529 g/mol. The number of amides is 1. The summed E-state index contributed by atoms with van der Waals surface area (Å²) < 4.78 is 42.7. The van der Waals surface area contributed by atoms with Gasteiger partial charge in [-0.05, 0) is 53.2 Å². The van der Waals surface area contributed by atoms with Gasteiger partial charge in [0.05, 0.1) is 29.9 Å². The number of hydrogen-bond donors (Lipinski definition) is 2. The molecule has 0 radical (unpaired) electrons. The summed E-state index contributed by atoms with van der Waals surface area (Å²) in [5.41, 5.74) is -0.313. The van der Waals surface area contributed by atoms with Gasteiger partial charge in [0.15, 0.2) is 23.1 Å². The molecule has 1 unspecified atom stereocenters. The van der Waals surface area contributed by atoms with E-state index in [0.29, 0.717) is 35.4 Å². The second-order valence-corrected chi connectivity index (χ2v) is 10.8. The maximum atomic E-state index is 15.2. The second kappa shape index (κ2) is 10.2. The van der Waals surface area contributed by atoms with Crippen molar-refractivity contribution in [1.29, 1.82) is 0 Å². The summed E-state index contributed by atoms with van der Waals surface area (Å²) >= 11 is 0. The van der Waals surface area contributed by atoms with Crippen LogP contribution in [0.1, 0.15) is 81.9 Å². The molecule has 3 aromatic rings. The number of nitrogens with one attached hydrogen (secondary N) is 2. The van der Waals surface area contributed by atoms with Gasteiger partial charge in [0.2, 0.25) is 0 Å². The molecule has 204 valence electrons. The second-order valence-electron chi connectivity index (χ2n) is 10.8. The van der Waals surface area contributed by atoms with Crippen molar-refractivity contribution >= 4 is 23.3 Å². The highest BCUT2D eigenvalue weighted by atomic mass is 19.2. The molecular weight excluding hydrogens is 496 g/mol. The third-order valence-corrected chi connectivity index (χ3v) is 6.15. The average molecular weight is 530 g/mol. The number of hydrogen-bond acceptors (Lipinski definition) is 7. The maximum Gasteiger partial charge on any atom is 0.407 e. The van der Waals surface area contributed by atoms with Crippen LogP contribution in [0.2, 0.25) is 0 Å². The quantitative estimate of drug-likeness (QED) is 0.377. The predicted molar refractivity (Wildman–Crippen MR) is 138 cm³/mol. The van der Waals surface area contributed by atoms with Gasteiger partial charge in [0, 0.05) is 24.6 Å². The summed E-state index contributed by atoms with van der Waals surface area (Å²) in [7, 11) is 0.